The first-order valence-electron chi connectivity index (χ1n) is 9.05. The Morgan fingerprint density at radius 3 is 2.27 bits per heavy atom. The van der Waals surface area contributed by atoms with Crippen molar-refractivity contribution in [2.24, 2.45) is 0 Å². The lowest BCUT2D eigenvalue weighted by Crippen LogP contribution is -2.31. The second kappa shape index (κ2) is 7.68. The van der Waals surface area contributed by atoms with Crippen molar-refractivity contribution < 1.29 is 14.0 Å². The molecule has 0 atom stereocenters. The van der Waals surface area contributed by atoms with Crippen LogP contribution >= 0.6 is 11.8 Å². The molecule has 0 spiro atoms. The average molecular weight is 370 g/mol. The van der Waals surface area contributed by atoms with Gasteiger partial charge in [-0.05, 0) is 50.2 Å². The van der Waals surface area contributed by atoms with Crippen LogP contribution in [0.5, 0.6) is 0 Å². The summed E-state index contributed by atoms with van der Waals surface area (Å²) in [5.41, 5.74) is 1.03. The summed E-state index contributed by atoms with van der Waals surface area (Å²) in [7, 11) is 0. The van der Waals surface area contributed by atoms with Gasteiger partial charge in [-0.15, -0.1) is 0 Å². The molecule has 5 nitrogen and oxygen atoms in total. The molecular weight excluding hydrogens is 348 g/mol. The van der Waals surface area contributed by atoms with Crippen LogP contribution in [0.1, 0.15) is 45.1 Å². The van der Waals surface area contributed by atoms with Gasteiger partial charge in [-0.1, -0.05) is 12.1 Å². The number of benzene rings is 1. The number of fused-ring (bicyclic) bond motifs is 1. The van der Waals surface area contributed by atoms with Gasteiger partial charge < -0.3 is 4.42 Å². The van der Waals surface area contributed by atoms with Crippen LogP contribution in [-0.2, 0) is 12.3 Å². The average Bonchev–Trinajstić information content (AvgIpc) is 3.37. The number of likely N-dealkylation sites (tertiary alicyclic amines) is 1. The first-order valence-corrected chi connectivity index (χ1v) is 10.2. The normalized spacial score (nSPS) is 17.3. The number of imide groups is 1. The van der Waals surface area contributed by atoms with Crippen LogP contribution in [0.25, 0.3) is 0 Å². The Kier molecular flexibility index (Phi) is 5.13. The molecule has 136 valence electrons. The van der Waals surface area contributed by atoms with Crippen LogP contribution in [0.3, 0.4) is 0 Å². The Hall–Kier alpha value is -2.05. The number of carbonyl (C=O) groups excluding carboxylic acids is 2. The molecular formula is C20H22N2O3S. The molecule has 0 N–H and O–H groups in total. The summed E-state index contributed by atoms with van der Waals surface area (Å²) < 4.78 is 5.90. The van der Waals surface area contributed by atoms with Crippen molar-refractivity contribution in [3.05, 3.63) is 59.0 Å². The van der Waals surface area contributed by atoms with Gasteiger partial charge in [0.15, 0.2) is 0 Å². The van der Waals surface area contributed by atoms with Gasteiger partial charge in [0.1, 0.15) is 11.5 Å². The van der Waals surface area contributed by atoms with Gasteiger partial charge in [0, 0.05) is 12.3 Å². The minimum atomic E-state index is -0.183. The first-order chi connectivity index (χ1) is 12.7. The van der Waals surface area contributed by atoms with Crippen LogP contribution in [0, 0.1) is 0 Å². The second-order valence-corrected chi connectivity index (χ2v) is 7.82. The monoisotopic (exact) mass is 370 g/mol. The number of carbonyl (C=O) groups is 2. The van der Waals surface area contributed by atoms with E-state index >= 15 is 0 Å². The summed E-state index contributed by atoms with van der Waals surface area (Å²) in [6, 6.07) is 11.1. The lowest BCUT2D eigenvalue weighted by atomic mass is 10.1. The van der Waals surface area contributed by atoms with Gasteiger partial charge in [0.2, 0.25) is 0 Å². The van der Waals surface area contributed by atoms with E-state index in [1.807, 2.05) is 6.07 Å². The summed E-state index contributed by atoms with van der Waals surface area (Å²) in [6.45, 7) is 3.63. The molecule has 2 aliphatic heterocycles. The lowest BCUT2D eigenvalue weighted by Gasteiger charge is -2.13. The highest BCUT2D eigenvalue weighted by molar-refractivity contribution is 7.98. The number of amides is 2. The summed E-state index contributed by atoms with van der Waals surface area (Å²) in [5.74, 6) is 3.06. The van der Waals surface area contributed by atoms with Crippen molar-refractivity contribution in [2.45, 2.75) is 25.1 Å². The fraction of sp³-hybridized carbons (Fsp3) is 0.400. The van der Waals surface area contributed by atoms with Gasteiger partial charge in [0.05, 0.1) is 23.4 Å². The number of furan rings is 1. The lowest BCUT2D eigenvalue weighted by molar-refractivity contribution is 0.0664. The quantitative estimate of drug-likeness (QED) is 0.552. The molecule has 26 heavy (non-hydrogen) atoms. The minimum absolute atomic E-state index is 0.183. The standard InChI is InChI=1S/C20H22N2O3S/c23-19-17-5-1-2-6-18(17)20(24)22(19)11-12-26-14-16-8-7-15(25-16)13-21-9-3-4-10-21/h1-2,5-8H,3-4,9-14H2. The van der Waals surface area contributed by atoms with Crippen molar-refractivity contribution in [3.63, 3.8) is 0 Å². The second-order valence-electron chi connectivity index (χ2n) is 6.71. The molecule has 4 rings (SSSR count). The molecule has 0 bridgehead atoms. The molecule has 1 fully saturated rings. The predicted molar refractivity (Wildman–Crippen MR) is 101 cm³/mol. The van der Waals surface area contributed by atoms with Crippen LogP contribution in [0.4, 0.5) is 0 Å². The third kappa shape index (κ3) is 3.57. The summed E-state index contributed by atoms with van der Waals surface area (Å²) in [6.07, 6.45) is 2.56. The van der Waals surface area contributed by atoms with E-state index in [1.165, 1.54) is 17.7 Å². The third-order valence-electron chi connectivity index (χ3n) is 4.88. The summed E-state index contributed by atoms with van der Waals surface area (Å²) >= 11 is 1.68. The molecule has 0 aliphatic carbocycles. The number of hydrogen-bond acceptors (Lipinski definition) is 5. The summed E-state index contributed by atoms with van der Waals surface area (Å²) in [4.78, 5) is 28.4. The maximum atomic E-state index is 12.3. The van der Waals surface area contributed by atoms with E-state index in [1.54, 1.807) is 36.0 Å². The highest BCUT2D eigenvalue weighted by Gasteiger charge is 2.34. The molecule has 1 aromatic heterocycles. The molecule has 2 aliphatic rings. The zero-order chi connectivity index (χ0) is 17.9. The van der Waals surface area contributed by atoms with Crippen molar-refractivity contribution in [2.75, 3.05) is 25.4 Å². The van der Waals surface area contributed by atoms with Crippen LogP contribution < -0.4 is 0 Å². The molecule has 3 heterocycles. The zero-order valence-electron chi connectivity index (χ0n) is 14.6. The largest absolute Gasteiger partial charge is 0.464 e. The van der Waals surface area contributed by atoms with Crippen LogP contribution in [-0.4, -0.2) is 47.0 Å². The van der Waals surface area contributed by atoms with Crippen molar-refractivity contribution in [1.29, 1.82) is 0 Å². The van der Waals surface area contributed by atoms with Crippen molar-refractivity contribution in [1.82, 2.24) is 9.80 Å². The number of thioether (sulfide) groups is 1. The molecule has 2 amide bonds. The molecule has 2 aromatic rings. The maximum Gasteiger partial charge on any atom is 0.261 e. The van der Waals surface area contributed by atoms with E-state index in [0.29, 0.717) is 23.4 Å². The zero-order valence-corrected chi connectivity index (χ0v) is 15.5. The SMILES string of the molecule is O=C1c2ccccc2C(=O)N1CCSCc1ccc(CN2CCCC2)o1. The minimum Gasteiger partial charge on any atom is -0.464 e. The molecule has 6 heteroatoms. The van der Waals surface area contributed by atoms with Gasteiger partial charge >= 0.3 is 0 Å². The molecule has 0 unspecified atom stereocenters. The fourth-order valence-corrected chi connectivity index (χ4v) is 4.33. The van der Waals surface area contributed by atoms with Crippen LogP contribution in [0.15, 0.2) is 40.8 Å². The Morgan fingerprint density at radius 2 is 1.58 bits per heavy atom. The highest BCUT2D eigenvalue weighted by atomic mass is 32.2. The van der Waals surface area contributed by atoms with E-state index in [4.69, 9.17) is 4.42 Å². The fourth-order valence-electron chi connectivity index (χ4n) is 3.52. The van der Waals surface area contributed by atoms with Crippen LogP contribution in [0.2, 0.25) is 0 Å². The van der Waals surface area contributed by atoms with E-state index in [9.17, 15) is 9.59 Å². The first kappa shape index (κ1) is 17.4. The number of hydrogen-bond donors (Lipinski definition) is 0. The highest BCUT2D eigenvalue weighted by Crippen LogP contribution is 2.23. The maximum absolute atomic E-state index is 12.3. The Balaban J connectivity index is 1.24. The third-order valence-corrected chi connectivity index (χ3v) is 5.84. The Labute approximate surface area is 157 Å². The molecule has 0 radical (unpaired) electrons. The van der Waals surface area contributed by atoms with Gasteiger partial charge in [-0.25, -0.2) is 0 Å². The van der Waals surface area contributed by atoms with E-state index in [0.717, 1.165) is 36.9 Å². The number of rotatable bonds is 7. The topological polar surface area (TPSA) is 53.8 Å². The van der Waals surface area contributed by atoms with E-state index in [-0.39, 0.29) is 11.8 Å². The van der Waals surface area contributed by atoms with Crippen molar-refractivity contribution in [3.8, 4) is 0 Å². The Bertz CT molecular complexity index is 776. The predicted octanol–water partition coefficient (Wildman–Crippen LogP) is 3.40. The number of nitrogens with zero attached hydrogens (tertiary/aromatic N) is 2. The summed E-state index contributed by atoms with van der Waals surface area (Å²) in [5, 5.41) is 0. The van der Waals surface area contributed by atoms with Gasteiger partial charge in [-0.2, -0.15) is 11.8 Å². The van der Waals surface area contributed by atoms with Crippen molar-refractivity contribution >= 4 is 23.6 Å². The van der Waals surface area contributed by atoms with Gasteiger partial charge in [-0.3, -0.25) is 19.4 Å². The molecule has 0 saturated carbocycles. The van der Waals surface area contributed by atoms with E-state index < -0.39 is 0 Å². The molecule has 1 saturated heterocycles. The Morgan fingerprint density at radius 1 is 0.923 bits per heavy atom. The van der Waals surface area contributed by atoms with E-state index in [2.05, 4.69) is 11.0 Å². The molecule has 1 aromatic carbocycles. The van der Waals surface area contributed by atoms with Gasteiger partial charge in [0.25, 0.3) is 11.8 Å². The smallest absolute Gasteiger partial charge is 0.261 e.